The van der Waals surface area contributed by atoms with E-state index in [2.05, 4.69) is 10.3 Å². The molecule has 1 aromatic heterocycles. The van der Waals surface area contributed by atoms with Crippen LogP contribution >= 0.6 is 11.3 Å². The van der Waals surface area contributed by atoms with Gasteiger partial charge in [0.05, 0.1) is 35.5 Å². The summed E-state index contributed by atoms with van der Waals surface area (Å²) in [6, 6.07) is 11.3. The largest absolute Gasteiger partial charge is 0.495 e. The molecule has 1 fully saturated rings. The quantitative estimate of drug-likeness (QED) is 0.646. The average Bonchev–Trinajstić information content (AvgIpc) is 3.30. The lowest BCUT2D eigenvalue weighted by molar-refractivity contribution is -0.122. The summed E-state index contributed by atoms with van der Waals surface area (Å²) in [7, 11) is 1.57. The third kappa shape index (κ3) is 3.95. The molecular weight excluding hydrogens is 402 g/mol. The number of hydrogen-bond donors (Lipinski definition) is 1. The van der Waals surface area contributed by atoms with Crippen molar-refractivity contribution in [3.63, 3.8) is 0 Å². The van der Waals surface area contributed by atoms with Gasteiger partial charge in [0.1, 0.15) is 11.5 Å². The first-order valence-corrected chi connectivity index (χ1v) is 10.6. The van der Waals surface area contributed by atoms with E-state index in [0.717, 1.165) is 21.5 Å². The van der Waals surface area contributed by atoms with E-state index in [0.29, 0.717) is 29.7 Å². The maximum Gasteiger partial charge on any atom is 0.231 e. The lowest BCUT2D eigenvalue weighted by Crippen LogP contribution is -2.28. The molecular formula is C22H23N3O4S. The Morgan fingerprint density at radius 2 is 2.13 bits per heavy atom. The van der Waals surface area contributed by atoms with Gasteiger partial charge in [0.25, 0.3) is 0 Å². The maximum atomic E-state index is 12.8. The molecule has 1 saturated heterocycles. The van der Waals surface area contributed by atoms with Crippen molar-refractivity contribution >= 4 is 44.2 Å². The predicted molar refractivity (Wildman–Crippen MR) is 118 cm³/mol. The number of aryl methyl sites for hydroxylation is 1. The molecule has 0 spiro atoms. The molecule has 1 aliphatic rings. The zero-order chi connectivity index (χ0) is 21.3. The van der Waals surface area contributed by atoms with Gasteiger partial charge >= 0.3 is 0 Å². The number of nitrogens with zero attached hydrogens (tertiary/aromatic N) is 2. The van der Waals surface area contributed by atoms with Crippen molar-refractivity contribution in [2.75, 3.05) is 30.5 Å². The highest BCUT2D eigenvalue weighted by Crippen LogP contribution is 2.35. The van der Waals surface area contributed by atoms with Crippen LogP contribution in [0.4, 0.5) is 10.8 Å². The van der Waals surface area contributed by atoms with Crippen molar-refractivity contribution in [1.82, 2.24) is 4.98 Å². The summed E-state index contributed by atoms with van der Waals surface area (Å²) in [4.78, 5) is 31.6. The number of benzene rings is 2. The van der Waals surface area contributed by atoms with Crippen molar-refractivity contribution in [3.05, 3.63) is 42.0 Å². The lowest BCUT2D eigenvalue weighted by atomic mass is 10.1. The van der Waals surface area contributed by atoms with E-state index in [4.69, 9.17) is 9.47 Å². The molecule has 0 bridgehead atoms. The van der Waals surface area contributed by atoms with Gasteiger partial charge in [-0.1, -0.05) is 17.4 Å². The van der Waals surface area contributed by atoms with Crippen LogP contribution in [0.2, 0.25) is 0 Å². The minimum atomic E-state index is -0.450. The summed E-state index contributed by atoms with van der Waals surface area (Å²) < 4.78 is 11.9. The topological polar surface area (TPSA) is 80.8 Å². The van der Waals surface area contributed by atoms with Crippen LogP contribution in [0, 0.1) is 12.8 Å². The number of ether oxygens (including phenoxy) is 2. The fourth-order valence-electron chi connectivity index (χ4n) is 3.55. The second-order valence-corrected chi connectivity index (χ2v) is 8.18. The van der Waals surface area contributed by atoms with Gasteiger partial charge in [-0.3, -0.25) is 9.59 Å². The molecule has 7 nitrogen and oxygen atoms in total. The minimum Gasteiger partial charge on any atom is -0.495 e. The molecule has 2 amide bonds. The van der Waals surface area contributed by atoms with E-state index in [-0.39, 0.29) is 18.2 Å². The number of carbonyl (C=O) groups excluding carboxylic acids is 2. The number of hydrogen-bond acceptors (Lipinski definition) is 6. The number of anilines is 2. The Morgan fingerprint density at radius 3 is 2.90 bits per heavy atom. The molecule has 2 heterocycles. The Hall–Kier alpha value is -3.13. The first-order chi connectivity index (χ1) is 14.5. The number of carbonyl (C=O) groups is 2. The standard InChI is InChI=1S/C22H23N3O4S/c1-4-29-15-6-7-16-19(11-15)30-22(23-16)24-21(27)14-10-20(26)25(12-14)17-9-13(2)5-8-18(17)28-3/h5-9,11,14H,4,10,12H2,1-3H3,(H,23,24,27)/t14-/m0/s1. The summed E-state index contributed by atoms with van der Waals surface area (Å²) in [5, 5.41) is 3.39. The molecule has 1 aliphatic heterocycles. The number of amides is 2. The Kier molecular flexibility index (Phi) is 5.59. The fraction of sp³-hybridized carbons (Fsp3) is 0.318. The summed E-state index contributed by atoms with van der Waals surface area (Å²) in [5.74, 6) is 0.641. The van der Waals surface area contributed by atoms with E-state index < -0.39 is 5.92 Å². The Balaban J connectivity index is 1.49. The highest BCUT2D eigenvalue weighted by atomic mass is 32.1. The average molecular weight is 426 g/mol. The molecule has 3 aromatic rings. The molecule has 0 radical (unpaired) electrons. The second kappa shape index (κ2) is 8.31. The predicted octanol–water partition coefficient (Wildman–Crippen LogP) is 4.00. The van der Waals surface area contributed by atoms with Crippen LogP contribution in [0.3, 0.4) is 0 Å². The van der Waals surface area contributed by atoms with Crippen molar-refractivity contribution in [2.24, 2.45) is 5.92 Å². The van der Waals surface area contributed by atoms with Gasteiger partial charge in [-0.2, -0.15) is 0 Å². The SMILES string of the molecule is CCOc1ccc2nc(NC(=O)[C@H]3CC(=O)N(c4cc(C)ccc4OC)C3)sc2c1. The minimum absolute atomic E-state index is 0.0929. The fourth-order valence-corrected chi connectivity index (χ4v) is 4.45. The number of fused-ring (bicyclic) bond motifs is 1. The monoisotopic (exact) mass is 425 g/mol. The number of rotatable bonds is 6. The Morgan fingerprint density at radius 1 is 1.30 bits per heavy atom. The molecule has 0 saturated carbocycles. The highest BCUT2D eigenvalue weighted by molar-refractivity contribution is 7.22. The number of methoxy groups -OCH3 is 1. The maximum absolute atomic E-state index is 12.8. The molecule has 0 unspecified atom stereocenters. The van der Waals surface area contributed by atoms with Crippen LogP contribution in [0.15, 0.2) is 36.4 Å². The van der Waals surface area contributed by atoms with E-state index in [1.807, 2.05) is 50.2 Å². The molecule has 2 aromatic carbocycles. The van der Waals surface area contributed by atoms with Crippen LogP contribution in [-0.2, 0) is 9.59 Å². The molecule has 156 valence electrons. The van der Waals surface area contributed by atoms with E-state index in [9.17, 15) is 9.59 Å². The Labute approximate surface area is 178 Å². The number of aromatic nitrogens is 1. The van der Waals surface area contributed by atoms with Crippen molar-refractivity contribution in [1.29, 1.82) is 0 Å². The zero-order valence-corrected chi connectivity index (χ0v) is 17.9. The highest BCUT2D eigenvalue weighted by Gasteiger charge is 2.36. The van der Waals surface area contributed by atoms with Crippen molar-refractivity contribution < 1.29 is 19.1 Å². The van der Waals surface area contributed by atoms with Gasteiger partial charge in [-0.15, -0.1) is 0 Å². The van der Waals surface area contributed by atoms with E-state index in [1.165, 1.54) is 11.3 Å². The van der Waals surface area contributed by atoms with Crippen LogP contribution in [0.5, 0.6) is 11.5 Å². The molecule has 0 aliphatic carbocycles. The normalized spacial score (nSPS) is 16.2. The summed E-state index contributed by atoms with van der Waals surface area (Å²) in [6.45, 7) is 4.79. The van der Waals surface area contributed by atoms with Crippen molar-refractivity contribution in [2.45, 2.75) is 20.3 Å². The molecule has 4 rings (SSSR count). The summed E-state index contributed by atoms with van der Waals surface area (Å²) in [6.07, 6.45) is 0.155. The molecule has 30 heavy (non-hydrogen) atoms. The van der Waals surface area contributed by atoms with Crippen LogP contribution in [-0.4, -0.2) is 37.1 Å². The van der Waals surface area contributed by atoms with E-state index >= 15 is 0 Å². The summed E-state index contributed by atoms with van der Waals surface area (Å²) >= 11 is 1.39. The van der Waals surface area contributed by atoms with Gasteiger partial charge in [0, 0.05) is 13.0 Å². The summed E-state index contributed by atoms with van der Waals surface area (Å²) in [5.41, 5.74) is 2.51. The molecule has 1 N–H and O–H groups in total. The molecule has 1 atom stereocenters. The van der Waals surface area contributed by atoms with Crippen LogP contribution < -0.4 is 19.7 Å². The van der Waals surface area contributed by atoms with Gasteiger partial charge in [-0.05, 0) is 49.7 Å². The van der Waals surface area contributed by atoms with Crippen LogP contribution in [0.1, 0.15) is 18.9 Å². The Bertz CT molecular complexity index is 1110. The van der Waals surface area contributed by atoms with Gasteiger partial charge in [0.15, 0.2) is 5.13 Å². The first kappa shape index (κ1) is 20.2. The second-order valence-electron chi connectivity index (χ2n) is 7.15. The number of nitrogens with one attached hydrogen (secondary N) is 1. The third-order valence-electron chi connectivity index (χ3n) is 5.02. The van der Waals surface area contributed by atoms with Gasteiger partial charge in [-0.25, -0.2) is 4.98 Å². The third-order valence-corrected chi connectivity index (χ3v) is 5.96. The van der Waals surface area contributed by atoms with Crippen molar-refractivity contribution in [3.8, 4) is 11.5 Å². The lowest BCUT2D eigenvalue weighted by Gasteiger charge is -2.20. The van der Waals surface area contributed by atoms with Gasteiger partial charge in [0.2, 0.25) is 11.8 Å². The molecule has 8 heteroatoms. The van der Waals surface area contributed by atoms with Gasteiger partial charge < -0.3 is 19.7 Å². The van der Waals surface area contributed by atoms with Crippen LogP contribution in [0.25, 0.3) is 10.2 Å². The van der Waals surface area contributed by atoms with E-state index in [1.54, 1.807) is 12.0 Å². The first-order valence-electron chi connectivity index (χ1n) is 9.77. The zero-order valence-electron chi connectivity index (χ0n) is 17.1. The smallest absolute Gasteiger partial charge is 0.231 e. The number of thiazole rings is 1.